The third kappa shape index (κ3) is 2.91. The van der Waals surface area contributed by atoms with Gasteiger partial charge in [-0.25, -0.2) is 9.97 Å². The molecule has 0 spiro atoms. The molecule has 0 saturated heterocycles. The first-order valence-electron chi connectivity index (χ1n) is 6.70. The van der Waals surface area contributed by atoms with Gasteiger partial charge in [-0.2, -0.15) is 5.10 Å². The largest absolute Gasteiger partial charge is 0.348 e. The average molecular weight is 284 g/mol. The molecule has 0 fully saturated rings. The molecule has 3 heterocycles. The molecule has 0 aliphatic heterocycles. The van der Waals surface area contributed by atoms with Crippen molar-refractivity contribution < 1.29 is 4.79 Å². The van der Waals surface area contributed by atoms with E-state index in [1.807, 2.05) is 30.5 Å². The molecule has 1 unspecified atom stereocenters. The van der Waals surface area contributed by atoms with Crippen LogP contribution in [0.3, 0.4) is 0 Å². The first kappa shape index (κ1) is 13.3. The number of pyridine rings is 1. The number of aryl methyl sites for hydroxylation is 1. The van der Waals surface area contributed by atoms with Gasteiger partial charge < -0.3 is 9.72 Å². The lowest BCUT2D eigenvalue weighted by molar-refractivity contribution is 0.0935. The van der Waals surface area contributed by atoms with Crippen LogP contribution in [0.4, 0.5) is 0 Å². The zero-order chi connectivity index (χ0) is 14.8. The Labute approximate surface area is 121 Å². The normalized spacial score (nSPS) is 12.5. The van der Waals surface area contributed by atoms with Crippen LogP contribution in [0.15, 0.2) is 37.2 Å². The Morgan fingerprint density at radius 3 is 3.00 bits per heavy atom. The minimum absolute atomic E-state index is 0.0422. The molecule has 3 aromatic heterocycles. The lowest BCUT2D eigenvalue weighted by Gasteiger charge is -2.13. The maximum absolute atomic E-state index is 12.2. The van der Waals surface area contributed by atoms with Gasteiger partial charge in [0.1, 0.15) is 18.3 Å². The quantitative estimate of drug-likeness (QED) is 0.777. The summed E-state index contributed by atoms with van der Waals surface area (Å²) in [7, 11) is 0. The van der Waals surface area contributed by atoms with Gasteiger partial charge in [0.25, 0.3) is 5.91 Å². The molecule has 1 N–H and O–H groups in total. The van der Waals surface area contributed by atoms with Crippen LogP contribution < -0.4 is 5.32 Å². The standard InChI is InChI=1S/C14H16N6O/c1-10-5-19-7-12(3-4-13(19)17-10)14(21)18-11(2)6-20-9-15-8-16-20/h3-5,7-9,11H,6H2,1-2H3,(H,18,21). The van der Waals surface area contributed by atoms with E-state index in [9.17, 15) is 4.79 Å². The Balaban J connectivity index is 1.71. The molecule has 7 heteroatoms. The van der Waals surface area contributed by atoms with Crippen LogP contribution in [0.5, 0.6) is 0 Å². The van der Waals surface area contributed by atoms with E-state index in [4.69, 9.17) is 0 Å². The number of nitrogens with one attached hydrogen (secondary N) is 1. The monoisotopic (exact) mass is 284 g/mol. The van der Waals surface area contributed by atoms with Gasteiger partial charge >= 0.3 is 0 Å². The summed E-state index contributed by atoms with van der Waals surface area (Å²) < 4.78 is 3.54. The van der Waals surface area contributed by atoms with Gasteiger partial charge in [0.2, 0.25) is 0 Å². The summed E-state index contributed by atoms with van der Waals surface area (Å²) in [5.74, 6) is -0.115. The predicted octanol–water partition coefficient (Wildman–Crippen LogP) is 1.05. The lowest BCUT2D eigenvalue weighted by Crippen LogP contribution is -2.35. The van der Waals surface area contributed by atoms with Gasteiger partial charge in [-0.1, -0.05) is 0 Å². The fourth-order valence-electron chi connectivity index (χ4n) is 2.21. The van der Waals surface area contributed by atoms with Crippen molar-refractivity contribution in [1.29, 1.82) is 0 Å². The molecule has 108 valence electrons. The number of amides is 1. The summed E-state index contributed by atoms with van der Waals surface area (Å²) in [6.07, 6.45) is 6.78. The number of carbonyl (C=O) groups is 1. The number of nitrogens with zero attached hydrogens (tertiary/aromatic N) is 5. The molecule has 7 nitrogen and oxygen atoms in total. The summed E-state index contributed by atoms with van der Waals surface area (Å²) in [5, 5.41) is 6.97. The van der Waals surface area contributed by atoms with Crippen LogP contribution in [0.25, 0.3) is 5.65 Å². The zero-order valence-electron chi connectivity index (χ0n) is 11.9. The van der Waals surface area contributed by atoms with Crippen molar-refractivity contribution in [1.82, 2.24) is 29.5 Å². The van der Waals surface area contributed by atoms with Crippen molar-refractivity contribution in [3.63, 3.8) is 0 Å². The third-order valence-corrected chi connectivity index (χ3v) is 3.14. The first-order valence-corrected chi connectivity index (χ1v) is 6.70. The number of imidazole rings is 1. The van der Waals surface area contributed by atoms with E-state index >= 15 is 0 Å². The second-order valence-corrected chi connectivity index (χ2v) is 5.06. The van der Waals surface area contributed by atoms with E-state index in [1.165, 1.54) is 6.33 Å². The fourth-order valence-corrected chi connectivity index (χ4v) is 2.21. The highest BCUT2D eigenvalue weighted by Gasteiger charge is 2.11. The minimum atomic E-state index is -0.115. The minimum Gasteiger partial charge on any atom is -0.348 e. The number of hydrogen-bond acceptors (Lipinski definition) is 4. The fraction of sp³-hybridized carbons (Fsp3) is 0.286. The van der Waals surface area contributed by atoms with E-state index in [0.29, 0.717) is 12.1 Å². The summed E-state index contributed by atoms with van der Waals surface area (Å²) in [6.45, 7) is 4.44. The molecule has 1 atom stereocenters. The van der Waals surface area contributed by atoms with Crippen molar-refractivity contribution in [3.05, 3.63) is 48.4 Å². The molecule has 1 amide bonds. The molecule has 0 bridgehead atoms. The maximum Gasteiger partial charge on any atom is 0.253 e. The highest BCUT2D eigenvalue weighted by atomic mass is 16.1. The Hall–Kier alpha value is -2.70. The summed E-state index contributed by atoms with van der Waals surface area (Å²) >= 11 is 0. The first-order chi connectivity index (χ1) is 10.1. The van der Waals surface area contributed by atoms with Crippen LogP contribution >= 0.6 is 0 Å². The molecule has 0 radical (unpaired) electrons. The second kappa shape index (κ2) is 5.35. The Morgan fingerprint density at radius 2 is 2.24 bits per heavy atom. The van der Waals surface area contributed by atoms with E-state index in [0.717, 1.165) is 11.3 Å². The van der Waals surface area contributed by atoms with Crippen molar-refractivity contribution in [3.8, 4) is 0 Å². The SMILES string of the molecule is Cc1cn2cc(C(=O)NC(C)Cn3cncn3)ccc2n1. The lowest BCUT2D eigenvalue weighted by atomic mass is 10.2. The van der Waals surface area contributed by atoms with E-state index in [-0.39, 0.29) is 11.9 Å². The molecular formula is C14H16N6O. The van der Waals surface area contributed by atoms with Crippen molar-refractivity contribution >= 4 is 11.6 Å². The molecule has 3 aromatic rings. The van der Waals surface area contributed by atoms with Crippen molar-refractivity contribution in [2.75, 3.05) is 0 Å². The Bertz CT molecular complexity index is 761. The third-order valence-electron chi connectivity index (χ3n) is 3.14. The number of rotatable bonds is 4. The van der Waals surface area contributed by atoms with Crippen LogP contribution in [0, 0.1) is 6.92 Å². The molecule has 0 aliphatic carbocycles. The number of hydrogen-bond donors (Lipinski definition) is 1. The smallest absolute Gasteiger partial charge is 0.253 e. The van der Waals surface area contributed by atoms with E-state index in [2.05, 4.69) is 20.4 Å². The number of carbonyl (C=O) groups excluding carboxylic acids is 1. The Morgan fingerprint density at radius 1 is 1.38 bits per heavy atom. The van der Waals surface area contributed by atoms with Gasteiger partial charge in [0.15, 0.2) is 0 Å². The highest BCUT2D eigenvalue weighted by molar-refractivity contribution is 5.94. The zero-order valence-corrected chi connectivity index (χ0v) is 11.9. The number of aromatic nitrogens is 5. The molecular weight excluding hydrogens is 268 g/mol. The van der Waals surface area contributed by atoms with Crippen LogP contribution in [-0.4, -0.2) is 36.1 Å². The van der Waals surface area contributed by atoms with Gasteiger partial charge in [-0.15, -0.1) is 0 Å². The van der Waals surface area contributed by atoms with Crippen molar-refractivity contribution in [2.24, 2.45) is 0 Å². The molecule has 0 aliphatic rings. The molecule has 21 heavy (non-hydrogen) atoms. The molecule has 3 rings (SSSR count). The van der Waals surface area contributed by atoms with Crippen molar-refractivity contribution in [2.45, 2.75) is 26.4 Å². The summed E-state index contributed by atoms with van der Waals surface area (Å²) in [4.78, 5) is 20.5. The second-order valence-electron chi connectivity index (χ2n) is 5.06. The maximum atomic E-state index is 12.2. The van der Waals surface area contributed by atoms with E-state index in [1.54, 1.807) is 23.3 Å². The molecule has 0 saturated carbocycles. The van der Waals surface area contributed by atoms with Gasteiger partial charge in [0, 0.05) is 18.4 Å². The summed E-state index contributed by atoms with van der Waals surface area (Å²) in [5.41, 5.74) is 2.36. The highest BCUT2D eigenvalue weighted by Crippen LogP contribution is 2.07. The van der Waals surface area contributed by atoms with Crippen LogP contribution in [0.2, 0.25) is 0 Å². The average Bonchev–Trinajstić information content (AvgIpc) is 3.05. The Kier molecular flexibility index (Phi) is 3.39. The van der Waals surface area contributed by atoms with Gasteiger partial charge in [0.05, 0.1) is 17.8 Å². The predicted molar refractivity (Wildman–Crippen MR) is 76.9 cm³/mol. The van der Waals surface area contributed by atoms with E-state index < -0.39 is 0 Å². The van der Waals surface area contributed by atoms with Crippen LogP contribution in [-0.2, 0) is 6.54 Å². The van der Waals surface area contributed by atoms with Crippen LogP contribution in [0.1, 0.15) is 23.0 Å². The topological polar surface area (TPSA) is 77.1 Å². The van der Waals surface area contributed by atoms with Gasteiger partial charge in [-0.3, -0.25) is 9.48 Å². The molecule has 0 aromatic carbocycles. The number of fused-ring (bicyclic) bond motifs is 1. The summed E-state index contributed by atoms with van der Waals surface area (Å²) in [6, 6.07) is 3.57. The van der Waals surface area contributed by atoms with Gasteiger partial charge in [-0.05, 0) is 26.0 Å².